The van der Waals surface area contributed by atoms with Crippen LogP contribution in [0.2, 0.25) is 0 Å². The van der Waals surface area contributed by atoms with Gasteiger partial charge >= 0.3 is 0 Å². The van der Waals surface area contributed by atoms with Gasteiger partial charge in [-0.15, -0.1) is 11.3 Å². The van der Waals surface area contributed by atoms with E-state index in [1.165, 1.54) is 37.4 Å². The van der Waals surface area contributed by atoms with Crippen molar-refractivity contribution >= 4 is 11.3 Å². The van der Waals surface area contributed by atoms with Crippen molar-refractivity contribution < 1.29 is 9.47 Å². The number of ether oxygens (including phenoxy) is 2. The number of nitrogens with zero attached hydrogens (tertiary/aromatic N) is 3. The second kappa shape index (κ2) is 7.15. The predicted octanol–water partition coefficient (Wildman–Crippen LogP) is 1.85. The largest absolute Gasteiger partial charge is 0.381 e. The molecule has 0 amide bonds. The molecule has 0 saturated carbocycles. The highest BCUT2D eigenvalue weighted by Gasteiger charge is 2.43. The van der Waals surface area contributed by atoms with Crippen molar-refractivity contribution in [1.82, 2.24) is 14.8 Å². The number of hydrogen-bond donors (Lipinski definition) is 0. The van der Waals surface area contributed by atoms with Crippen LogP contribution in [0.4, 0.5) is 0 Å². The summed E-state index contributed by atoms with van der Waals surface area (Å²) < 4.78 is 11.5. The Bertz CT molecular complexity index is 492. The van der Waals surface area contributed by atoms with E-state index in [0.717, 1.165) is 52.1 Å². The van der Waals surface area contributed by atoms with Crippen LogP contribution in [-0.4, -0.2) is 73.4 Å². The quantitative estimate of drug-likeness (QED) is 0.841. The highest BCUT2D eigenvalue weighted by atomic mass is 32.1. The van der Waals surface area contributed by atoms with Gasteiger partial charge in [-0.1, -0.05) is 0 Å². The Morgan fingerprint density at radius 3 is 2.91 bits per heavy atom. The lowest BCUT2D eigenvalue weighted by molar-refractivity contribution is 0.0284. The van der Waals surface area contributed by atoms with Crippen LogP contribution in [0.15, 0.2) is 11.6 Å². The molecule has 3 aliphatic rings. The lowest BCUT2D eigenvalue weighted by Gasteiger charge is -2.35. The maximum Gasteiger partial charge on any atom is 0.107 e. The van der Waals surface area contributed by atoms with E-state index in [9.17, 15) is 0 Å². The second-order valence-corrected chi connectivity index (χ2v) is 8.23. The summed E-state index contributed by atoms with van der Waals surface area (Å²) >= 11 is 1.76. The fourth-order valence-corrected chi connectivity index (χ4v) is 4.97. The Kier molecular flexibility index (Phi) is 4.96. The van der Waals surface area contributed by atoms with Gasteiger partial charge in [-0.25, -0.2) is 4.98 Å². The van der Waals surface area contributed by atoms with Crippen molar-refractivity contribution in [2.75, 3.05) is 52.6 Å². The van der Waals surface area contributed by atoms with Crippen LogP contribution in [0.5, 0.6) is 0 Å². The molecule has 4 heterocycles. The van der Waals surface area contributed by atoms with Crippen molar-refractivity contribution in [3.05, 3.63) is 16.6 Å². The third kappa shape index (κ3) is 3.77. The minimum Gasteiger partial charge on any atom is -0.381 e. The van der Waals surface area contributed by atoms with Crippen LogP contribution in [-0.2, 0) is 16.0 Å². The van der Waals surface area contributed by atoms with E-state index < -0.39 is 0 Å². The Morgan fingerprint density at radius 1 is 1.17 bits per heavy atom. The molecule has 3 aliphatic heterocycles. The molecule has 1 atom stereocenters. The first-order valence-electron chi connectivity index (χ1n) is 8.83. The zero-order valence-corrected chi connectivity index (χ0v) is 14.6. The fourth-order valence-electron chi connectivity index (χ4n) is 4.32. The van der Waals surface area contributed by atoms with Crippen molar-refractivity contribution in [3.63, 3.8) is 0 Å². The van der Waals surface area contributed by atoms with Crippen LogP contribution in [0.3, 0.4) is 0 Å². The Balaban J connectivity index is 1.40. The van der Waals surface area contributed by atoms with Crippen LogP contribution in [0, 0.1) is 5.41 Å². The van der Waals surface area contributed by atoms with Crippen molar-refractivity contribution in [2.45, 2.75) is 31.8 Å². The summed E-state index contributed by atoms with van der Waals surface area (Å²) in [6.07, 6.45) is 5.56. The minimum atomic E-state index is 0.312. The van der Waals surface area contributed by atoms with Crippen molar-refractivity contribution in [2.24, 2.45) is 5.41 Å². The van der Waals surface area contributed by atoms with Gasteiger partial charge in [-0.2, -0.15) is 0 Å². The number of rotatable bonds is 3. The van der Waals surface area contributed by atoms with Gasteiger partial charge in [0.1, 0.15) is 5.01 Å². The summed E-state index contributed by atoms with van der Waals surface area (Å²) in [6.45, 7) is 9.18. The number of thiazole rings is 1. The highest BCUT2D eigenvalue weighted by molar-refractivity contribution is 7.09. The molecule has 5 nitrogen and oxygen atoms in total. The van der Waals surface area contributed by atoms with Gasteiger partial charge in [0.05, 0.1) is 19.8 Å². The number of likely N-dealkylation sites (tertiary alicyclic amines) is 1. The maximum atomic E-state index is 6.01. The molecule has 0 unspecified atom stereocenters. The van der Waals surface area contributed by atoms with Crippen LogP contribution in [0.1, 0.15) is 24.3 Å². The zero-order valence-electron chi connectivity index (χ0n) is 13.8. The molecule has 0 radical (unpaired) electrons. The van der Waals surface area contributed by atoms with E-state index in [4.69, 9.17) is 9.47 Å². The molecule has 0 aliphatic carbocycles. The second-order valence-electron chi connectivity index (χ2n) is 7.25. The summed E-state index contributed by atoms with van der Waals surface area (Å²) in [5.74, 6) is 0. The zero-order chi connectivity index (χ0) is 15.5. The summed E-state index contributed by atoms with van der Waals surface area (Å²) in [5.41, 5.74) is 0.312. The monoisotopic (exact) mass is 337 g/mol. The van der Waals surface area contributed by atoms with E-state index in [-0.39, 0.29) is 0 Å². The maximum absolute atomic E-state index is 6.01. The topological polar surface area (TPSA) is 37.8 Å². The van der Waals surface area contributed by atoms with Gasteiger partial charge in [0.25, 0.3) is 0 Å². The smallest absolute Gasteiger partial charge is 0.107 e. The molecule has 0 aromatic carbocycles. The summed E-state index contributed by atoms with van der Waals surface area (Å²) in [7, 11) is 0. The summed E-state index contributed by atoms with van der Waals surface area (Å²) in [5, 5.41) is 3.29. The molecule has 1 aromatic heterocycles. The van der Waals surface area contributed by atoms with E-state index in [1.54, 1.807) is 11.3 Å². The Morgan fingerprint density at radius 2 is 2.09 bits per heavy atom. The molecular weight excluding hydrogens is 310 g/mol. The Labute approximate surface area is 142 Å². The molecule has 4 rings (SSSR count). The molecule has 0 N–H and O–H groups in total. The molecule has 6 heteroatoms. The molecule has 23 heavy (non-hydrogen) atoms. The molecule has 3 saturated heterocycles. The van der Waals surface area contributed by atoms with Gasteiger partial charge in [-0.3, -0.25) is 9.80 Å². The predicted molar refractivity (Wildman–Crippen MR) is 90.7 cm³/mol. The fraction of sp³-hybridized carbons (Fsp3) is 0.824. The van der Waals surface area contributed by atoms with Gasteiger partial charge < -0.3 is 9.47 Å². The number of hydrogen-bond acceptors (Lipinski definition) is 6. The standard InChI is InChI=1S/C17H27N3O2S/c1-7-21-8-2-15(1)20-5-3-17(13-20)12-19(6-9-22-14-17)11-16-18-4-10-23-16/h4,10,15H,1-3,5-9,11-14H2/t17-/m0/s1. The molecular formula is C17H27N3O2S. The van der Waals surface area contributed by atoms with Crippen LogP contribution in [0.25, 0.3) is 0 Å². The lowest BCUT2D eigenvalue weighted by atomic mass is 9.87. The highest BCUT2D eigenvalue weighted by Crippen LogP contribution is 2.36. The molecule has 1 spiro atoms. The van der Waals surface area contributed by atoms with Gasteiger partial charge in [0, 0.05) is 55.9 Å². The summed E-state index contributed by atoms with van der Waals surface area (Å²) in [6, 6.07) is 0.721. The van der Waals surface area contributed by atoms with Gasteiger partial charge in [0.2, 0.25) is 0 Å². The summed E-state index contributed by atoms with van der Waals surface area (Å²) in [4.78, 5) is 9.72. The van der Waals surface area contributed by atoms with E-state index >= 15 is 0 Å². The van der Waals surface area contributed by atoms with Crippen molar-refractivity contribution in [3.8, 4) is 0 Å². The lowest BCUT2D eigenvalue weighted by Crippen LogP contribution is -2.43. The Hall–Kier alpha value is -0.530. The van der Waals surface area contributed by atoms with Crippen molar-refractivity contribution in [1.29, 1.82) is 0 Å². The van der Waals surface area contributed by atoms with Gasteiger partial charge in [-0.05, 0) is 25.8 Å². The average molecular weight is 337 g/mol. The molecule has 1 aromatic rings. The SMILES string of the molecule is c1csc(CN2CCOC[C@@]3(CCN(C4CCOCC4)C3)C2)n1. The molecule has 3 fully saturated rings. The van der Waals surface area contributed by atoms with E-state index in [2.05, 4.69) is 20.2 Å². The van der Waals surface area contributed by atoms with Gasteiger partial charge in [0.15, 0.2) is 0 Å². The molecule has 128 valence electrons. The minimum absolute atomic E-state index is 0.312. The molecule has 0 bridgehead atoms. The first-order valence-corrected chi connectivity index (χ1v) is 9.71. The third-order valence-corrected chi connectivity index (χ3v) is 6.30. The van der Waals surface area contributed by atoms with Crippen LogP contribution >= 0.6 is 11.3 Å². The number of aromatic nitrogens is 1. The van der Waals surface area contributed by atoms with Crippen LogP contribution < -0.4 is 0 Å². The average Bonchev–Trinajstić information content (AvgIpc) is 3.18. The first-order chi connectivity index (χ1) is 11.3. The van der Waals surface area contributed by atoms with E-state index in [0.29, 0.717) is 5.41 Å². The van der Waals surface area contributed by atoms with E-state index in [1.807, 2.05) is 6.20 Å². The first kappa shape index (κ1) is 16.0. The normalized spacial score (nSPS) is 31.7. The third-order valence-electron chi connectivity index (χ3n) is 5.54.